The molecule has 1 amide bonds. The van der Waals surface area contributed by atoms with E-state index in [1.807, 2.05) is 30.3 Å². The van der Waals surface area contributed by atoms with E-state index in [9.17, 15) is 14.4 Å². The number of ketones is 1. The molecule has 0 aliphatic carbocycles. The first-order chi connectivity index (χ1) is 12.9. The summed E-state index contributed by atoms with van der Waals surface area (Å²) in [5.74, 6) is -0.482. The van der Waals surface area contributed by atoms with Crippen LogP contribution in [0, 0.1) is 13.8 Å². The molecule has 0 bridgehead atoms. The number of rotatable bonds is 9. The fourth-order valence-corrected chi connectivity index (χ4v) is 2.69. The Morgan fingerprint density at radius 2 is 1.89 bits per heavy atom. The lowest BCUT2D eigenvalue weighted by Gasteiger charge is -2.16. The molecule has 7 heteroatoms. The van der Waals surface area contributed by atoms with Gasteiger partial charge in [-0.2, -0.15) is 0 Å². The van der Waals surface area contributed by atoms with E-state index in [2.05, 4.69) is 10.5 Å². The fraction of sp³-hybridized carbons (Fsp3) is 0.400. The summed E-state index contributed by atoms with van der Waals surface area (Å²) >= 11 is 0. The largest absolute Gasteiger partial charge is 0.456 e. The molecule has 0 unspecified atom stereocenters. The summed E-state index contributed by atoms with van der Waals surface area (Å²) in [5.41, 5.74) is 2.55. The molecule has 0 spiro atoms. The van der Waals surface area contributed by atoms with Gasteiger partial charge in [-0.3, -0.25) is 14.4 Å². The Bertz CT molecular complexity index is 778. The summed E-state index contributed by atoms with van der Waals surface area (Å²) in [5, 5.41) is 6.45. The van der Waals surface area contributed by atoms with Crippen molar-refractivity contribution < 1.29 is 23.6 Å². The fourth-order valence-electron chi connectivity index (χ4n) is 2.69. The molecule has 27 heavy (non-hydrogen) atoms. The van der Waals surface area contributed by atoms with Crippen LogP contribution in [0.1, 0.15) is 35.9 Å². The number of ether oxygens (including phenoxy) is 1. The minimum atomic E-state index is -0.652. The Kier molecular flexibility index (Phi) is 7.28. The van der Waals surface area contributed by atoms with Crippen LogP contribution in [-0.2, 0) is 32.0 Å². The highest BCUT2D eigenvalue weighted by Gasteiger charge is 2.19. The average Bonchev–Trinajstić information content (AvgIpc) is 2.96. The molecule has 1 N–H and O–H groups in total. The zero-order chi connectivity index (χ0) is 19.8. The highest BCUT2D eigenvalue weighted by Crippen LogP contribution is 2.14. The van der Waals surface area contributed by atoms with Gasteiger partial charge < -0.3 is 14.6 Å². The molecule has 0 aliphatic heterocycles. The molecule has 0 aliphatic rings. The van der Waals surface area contributed by atoms with Crippen LogP contribution in [0.25, 0.3) is 0 Å². The third-order valence-electron chi connectivity index (χ3n) is 4.23. The Morgan fingerprint density at radius 3 is 2.48 bits per heavy atom. The maximum atomic E-state index is 12.0. The monoisotopic (exact) mass is 372 g/mol. The lowest BCUT2D eigenvalue weighted by atomic mass is 10.0. The van der Waals surface area contributed by atoms with Crippen molar-refractivity contribution in [2.24, 2.45) is 0 Å². The van der Waals surface area contributed by atoms with Crippen LogP contribution in [0.5, 0.6) is 0 Å². The van der Waals surface area contributed by atoms with Crippen LogP contribution in [-0.4, -0.2) is 35.5 Å². The van der Waals surface area contributed by atoms with Crippen molar-refractivity contribution >= 4 is 17.7 Å². The minimum Gasteiger partial charge on any atom is -0.456 e. The number of carbonyl (C=O) groups excluding carboxylic acids is 3. The normalized spacial score (nSPS) is 11.7. The van der Waals surface area contributed by atoms with Crippen molar-refractivity contribution in [2.45, 2.75) is 46.1 Å². The molecular formula is C20H24N2O5. The molecule has 0 fully saturated rings. The third-order valence-corrected chi connectivity index (χ3v) is 4.23. The number of carbonyl (C=O) groups is 3. The first kappa shape index (κ1) is 20.4. The Balaban J connectivity index is 1.78. The number of aromatic nitrogens is 1. The molecule has 2 aromatic rings. The molecule has 1 atom stereocenters. The summed E-state index contributed by atoms with van der Waals surface area (Å²) in [6.07, 6.45) is 0.948. The number of benzene rings is 1. The van der Waals surface area contributed by atoms with E-state index in [0.29, 0.717) is 18.6 Å². The second kappa shape index (κ2) is 9.66. The van der Waals surface area contributed by atoms with E-state index in [-0.39, 0.29) is 12.2 Å². The van der Waals surface area contributed by atoms with Gasteiger partial charge in [-0.25, -0.2) is 0 Å². The van der Waals surface area contributed by atoms with E-state index in [1.165, 1.54) is 6.92 Å². The molecule has 7 nitrogen and oxygen atoms in total. The van der Waals surface area contributed by atoms with Crippen molar-refractivity contribution in [2.75, 3.05) is 6.61 Å². The number of amides is 1. The Hall–Kier alpha value is -2.96. The predicted octanol–water partition coefficient (Wildman–Crippen LogP) is 2.08. The van der Waals surface area contributed by atoms with Crippen molar-refractivity contribution in [1.82, 2.24) is 10.5 Å². The van der Waals surface area contributed by atoms with Crippen molar-refractivity contribution in [3.05, 3.63) is 52.9 Å². The number of nitrogens with zero attached hydrogens (tertiary/aromatic N) is 1. The number of esters is 1. The van der Waals surface area contributed by atoms with Crippen molar-refractivity contribution in [1.29, 1.82) is 0 Å². The molecule has 0 radical (unpaired) electrons. The molecule has 1 aromatic heterocycles. The molecule has 2 rings (SSSR count). The first-order valence-electron chi connectivity index (χ1n) is 8.78. The predicted molar refractivity (Wildman–Crippen MR) is 98.0 cm³/mol. The van der Waals surface area contributed by atoms with Gasteiger partial charge in [-0.15, -0.1) is 0 Å². The van der Waals surface area contributed by atoms with E-state index in [1.54, 1.807) is 13.8 Å². The maximum absolute atomic E-state index is 12.0. The summed E-state index contributed by atoms with van der Waals surface area (Å²) in [7, 11) is 0. The van der Waals surface area contributed by atoms with Gasteiger partial charge in [0.25, 0.3) is 5.91 Å². The summed E-state index contributed by atoms with van der Waals surface area (Å²) in [6, 6.07) is 8.74. The highest BCUT2D eigenvalue weighted by atomic mass is 16.5. The molecular weight excluding hydrogens is 348 g/mol. The average molecular weight is 372 g/mol. The summed E-state index contributed by atoms with van der Waals surface area (Å²) in [4.78, 5) is 35.7. The highest BCUT2D eigenvalue weighted by molar-refractivity contribution is 5.88. The standard InChI is InChI=1S/C20H24N2O5/c1-13-17(15(3)27-22-13)9-10-20(25)26-12-19(24)21-18(14(2)23)11-16-7-5-4-6-8-16/h4-8,18H,9-12H2,1-3H3,(H,21,24)/t18-/m0/s1. The molecule has 1 aromatic carbocycles. The van der Waals surface area contributed by atoms with Gasteiger partial charge >= 0.3 is 5.97 Å². The van der Waals surface area contributed by atoms with Crippen LogP contribution in [0.15, 0.2) is 34.9 Å². The van der Waals surface area contributed by atoms with Crippen LogP contribution >= 0.6 is 0 Å². The number of hydrogen-bond acceptors (Lipinski definition) is 6. The van der Waals surface area contributed by atoms with E-state index < -0.39 is 24.5 Å². The van der Waals surface area contributed by atoms with Crippen molar-refractivity contribution in [3.8, 4) is 0 Å². The molecule has 1 heterocycles. The minimum absolute atomic E-state index is 0.121. The second-order valence-electron chi connectivity index (χ2n) is 6.38. The number of nitrogens with one attached hydrogen (secondary N) is 1. The second-order valence-corrected chi connectivity index (χ2v) is 6.38. The zero-order valence-corrected chi connectivity index (χ0v) is 15.8. The van der Waals surface area contributed by atoms with Crippen LogP contribution in [0.3, 0.4) is 0 Å². The Morgan fingerprint density at radius 1 is 1.19 bits per heavy atom. The van der Waals surface area contributed by atoms with Crippen LogP contribution < -0.4 is 5.32 Å². The zero-order valence-electron chi connectivity index (χ0n) is 15.8. The van der Waals surface area contributed by atoms with E-state index >= 15 is 0 Å². The molecule has 144 valence electrons. The topological polar surface area (TPSA) is 98.5 Å². The van der Waals surface area contributed by atoms with Crippen LogP contribution in [0.2, 0.25) is 0 Å². The number of aryl methyl sites for hydroxylation is 2. The Labute approximate surface area is 158 Å². The van der Waals surface area contributed by atoms with Crippen LogP contribution in [0.4, 0.5) is 0 Å². The van der Waals surface area contributed by atoms with E-state index in [4.69, 9.17) is 9.26 Å². The quantitative estimate of drug-likeness (QED) is 0.677. The van der Waals surface area contributed by atoms with Gasteiger partial charge in [0.05, 0.1) is 11.7 Å². The molecule has 0 saturated heterocycles. The summed E-state index contributed by atoms with van der Waals surface area (Å²) < 4.78 is 10.0. The van der Waals surface area contributed by atoms with E-state index in [0.717, 1.165) is 16.8 Å². The lowest BCUT2D eigenvalue weighted by Crippen LogP contribution is -2.43. The first-order valence-corrected chi connectivity index (χ1v) is 8.78. The van der Waals surface area contributed by atoms with Gasteiger partial charge in [-0.05, 0) is 39.2 Å². The third kappa shape index (κ3) is 6.36. The maximum Gasteiger partial charge on any atom is 0.306 e. The lowest BCUT2D eigenvalue weighted by molar-refractivity contribution is -0.148. The van der Waals surface area contributed by atoms with Gasteiger partial charge in [0.2, 0.25) is 0 Å². The number of hydrogen-bond donors (Lipinski definition) is 1. The van der Waals surface area contributed by atoms with Gasteiger partial charge in [-0.1, -0.05) is 35.5 Å². The SMILES string of the molecule is CC(=O)[C@H](Cc1ccccc1)NC(=O)COC(=O)CCc1c(C)noc1C. The number of Topliss-reactive ketones (excluding diaryl/α,β-unsaturated/α-hetero) is 1. The molecule has 0 saturated carbocycles. The summed E-state index contributed by atoms with van der Waals surface area (Å²) in [6.45, 7) is 4.59. The smallest absolute Gasteiger partial charge is 0.306 e. The van der Waals surface area contributed by atoms with Gasteiger partial charge in [0.1, 0.15) is 5.76 Å². The van der Waals surface area contributed by atoms with Gasteiger partial charge in [0.15, 0.2) is 12.4 Å². The van der Waals surface area contributed by atoms with Crippen molar-refractivity contribution in [3.63, 3.8) is 0 Å². The van der Waals surface area contributed by atoms with Gasteiger partial charge in [0, 0.05) is 12.0 Å².